The van der Waals surface area contributed by atoms with E-state index in [1.807, 2.05) is 13.8 Å². The standard InChI is InChI=1S/C13H17F3N2OS/c1-8(2)6-9-12(19)18(7-13(14,15)16)11(17-9)10-4-3-5-20-10/h3-5,8-9,11,17H,6-7H2,1-2H3. The molecule has 0 aliphatic carbocycles. The first-order valence-corrected chi connectivity index (χ1v) is 7.32. The minimum Gasteiger partial charge on any atom is -0.312 e. The molecule has 3 nitrogen and oxygen atoms in total. The Hall–Kier alpha value is -1.08. The Bertz CT molecular complexity index is 459. The maximum absolute atomic E-state index is 12.7. The van der Waals surface area contributed by atoms with E-state index in [1.165, 1.54) is 11.3 Å². The number of rotatable bonds is 4. The topological polar surface area (TPSA) is 32.3 Å². The molecule has 7 heteroatoms. The van der Waals surface area contributed by atoms with Gasteiger partial charge in [-0.2, -0.15) is 13.2 Å². The van der Waals surface area contributed by atoms with Crippen LogP contribution in [-0.2, 0) is 4.79 Å². The van der Waals surface area contributed by atoms with Gasteiger partial charge in [0.1, 0.15) is 12.7 Å². The van der Waals surface area contributed by atoms with Crippen LogP contribution in [0, 0.1) is 5.92 Å². The van der Waals surface area contributed by atoms with E-state index in [4.69, 9.17) is 0 Å². The summed E-state index contributed by atoms with van der Waals surface area (Å²) in [6.45, 7) is 2.68. The van der Waals surface area contributed by atoms with Gasteiger partial charge in [-0.25, -0.2) is 0 Å². The molecular formula is C13H17F3N2OS. The van der Waals surface area contributed by atoms with E-state index >= 15 is 0 Å². The minimum atomic E-state index is -4.39. The monoisotopic (exact) mass is 306 g/mol. The third-order valence-electron chi connectivity index (χ3n) is 3.12. The number of thiophene rings is 1. The number of carbonyl (C=O) groups is 1. The van der Waals surface area contributed by atoms with Crippen molar-refractivity contribution >= 4 is 17.2 Å². The maximum atomic E-state index is 12.7. The molecule has 2 rings (SSSR count). The van der Waals surface area contributed by atoms with Crippen LogP contribution in [0.2, 0.25) is 0 Å². The SMILES string of the molecule is CC(C)CC1NC(c2cccs2)N(CC(F)(F)F)C1=O. The van der Waals surface area contributed by atoms with Crippen LogP contribution >= 0.6 is 11.3 Å². The summed E-state index contributed by atoms with van der Waals surface area (Å²) in [6.07, 6.45) is -4.53. The van der Waals surface area contributed by atoms with E-state index in [0.717, 1.165) is 9.78 Å². The third kappa shape index (κ3) is 3.52. The number of nitrogens with one attached hydrogen (secondary N) is 1. The normalized spacial score (nSPS) is 23.9. The highest BCUT2D eigenvalue weighted by atomic mass is 32.1. The van der Waals surface area contributed by atoms with Gasteiger partial charge in [-0.05, 0) is 23.8 Å². The average molecular weight is 306 g/mol. The summed E-state index contributed by atoms with van der Waals surface area (Å²) in [6, 6.07) is 2.98. The second kappa shape index (κ2) is 5.73. The van der Waals surface area contributed by atoms with Gasteiger partial charge in [0.2, 0.25) is 5.91 Å². The highest BCUT2D eigenvalue weighted by Crippen LogP contribution is 2.33. The van der Waals surface area contributed by atoms with Crippen molar-refractivity contribution in [3.63, 3.8) is 0 Å². The Labute approximate surface area is 119 Å². The molecule has 1 aliphatic rings. The molecule has 1 aromatic heterocycles. The highest BCUT2D eigenvalue weighted by Gasteiger charge is 2.45. The lowest BCUT2D eigenvalue weighted by atomic mass is 10.0. The fraction of sp³-hybridized carbons (Fsp3) is 0.615. The van der Waals surface area contributed by atoms with E-state index < -0.39 is 30.8 Å². The Kier molecular flexibility index (Phi) is 4.39. The van der Waals surface area contributed by atoms with E-state index in [2.05, 4.69) is 5.32 Å². The third-order valence-corrected chi connectivity index (χ3v) is 4.05. The molecule has 0 radical (unpaired) electrons. The Balaban J connectivity index is 2.21. The molecule has 1 fully saturated rings. The van der Waals surface area contributed by atoms with Gasteiger partial charge in [-0.3, -0.25) is 10.1 Å². The van der Waals surface area contributed by atoms with Crippen molar-refractivity contribution in [2.45, 2.75) is 38.7 Å². The molecule has 2 unspecified atom stereocenters. The van der Waals surface area contributed by atoms with Crippen molar-refractivity contribution in [3.05, 3.63) is 22.4 Å². The van der Waals surface area contributed by atoms with E-state index in [1.54, 1.807) is 17.5 Å². The van der Waals surface area contributed by atoms with Crippen molar-refractivity contribution in [2.24, 2.45) is 5.92 Å². The summed E-state index contributed by atoms with van der Waals surface area (Å²) in [5.74, 6) is -0.222. The molecule has 0 saturated carbocycles. The summed E-state index contributed by atoms with van der Waals surface area (Å²) in [5, 5.41) is 4.83. The van der Waals surface area contributed by atoms with Crippen LogP contribution in [0.25, 0.3) is 0 Å². The van der Waals surface area contributed by atoms with E-state index in [-0.39, 0.29) is 5.92 Å². The lowest BCUT2D eigenvalue weighted by Crippen LogP contribution is -2.38. The smallest absolute Gasteiger partial charge is 0.312 e. The number of halogens is 3. The number of carbonyl (C=O) groups excluding carboxylic acids is 1. The van der Waals surface area contributed by atoms with Crippen LogP contribution in [0.3, 0.4) is 0 Å². The summed E-state index contributed by atoms with van der Waals surface area (Å²) < 4.78 is 38.0. The molecule has 1 N–H and O–H groups in total. The molecule has 0 spiro atoms. The van der Waals surface area contributed by atoms with Crippen LogP contribution in [0.1, 0.15) is 31.3 Å². The average Bonchev–Trinajstić information content (AvgIpc) is 2.90. The predicted molar refractivity (Wildman–Crippen MR) is 71.2 cm³/mol. The zero-order chi connectivity index (χ0) is 14.9. The van der Waals surface area contributed by atoms with Crippen LogP contribution in [0.15, 0.2) is 17.5 Å². The lowest BCUT2D eigenvalue weighted by molar-refractivity contribution is -0.161. The van der Waals surface area contributed by atoms with Gasteiger partial charge >= 0.3 is 6.18 Å². The largest absolute Gasteiger partial charge is 0.406 e. The van der Waals surface area contributed by atoms with Gasteiger partial charge in [0.25, 0.3) is 0 Å². The fourth-order valence-corrected chi connectivity index (χ4v) is 3.16. The van der Waals surface area contributed by atoms with Gasteiger partial charge in [-0.15, -0.1) is 11.3 Å². The molecule has 2 heterocycles. The van der Waals surface area contributed by atoms with Crippen molar-refractivity contribution in [1.82, 2.24) is 10.2 Å². The molecule has 0 bridgehead atoms. The second-order valence-corrected chi connectivity index (χ2v) is 6.33. The summed E-state index contributed by atoms with van der Waals surface area (Å²) in [4.78, 5) is 13.8. The van der Waals surface area contributed by atoms with Crippen molar-refractivity contribution in [2.75, 3.05) is 6.54 Å². The number of nitrogens with zero attached hydrogens (tertiary/aromatic N) is 1. The highest BCUT2D eigenvalue weighted by molar-refractivity contribution is 7.10. The van der Waals surface area contributed by atoms with Crippen molar-refractivity contribution < 1.29 is 18.0 Å². The molecule has 2 atom stereocenters. The molecule has 1 amide bonds. The fourth-order valence-electron chi connectivity index (χ4n) is 2.36. The van der Waals surface area contributed by atoms with Gasteiger partial charge in [0.05, 0.1) is 6.04 Å². The van der Waals surface area contributed by atoms with Gasteiger partial charge < -0.3 is 4.90 Å². The zero-order valence-electron chi connectivity index (χ0n) is 11.3. The summed E-state index contributed by atoms with van der Waals surface area (Å²) in [5.41, 5.74) is 0. The molecule has 1 aromatic rings. The Morgan fingerprint density at radius 1 is 1.45 bits per heavy atom. The quantitative estimate of drug-likeness (QED) is 0.927. The zero-order valence-corrected chi connectivity index (χ0v) is 12.1. The number of amides is 1. The first-order valence-electron chi connectivity index (χ1n) is 6.44. The summed E-state index contributed by atoms with van der Waals surface area (Å²) in [7, 11) is 0. The van der Waals surface area contributed by atoms with Crippen LogP contribution in [0.4, 0.5) is 13.2 Å². The van der Waals surface area contributed by atoms with Crippen molar-refractivity contribution in [1.29, 1.82) is 0 Å². The molecule has 1 saturated heterocycles. The molecule has 1 aliphatic heterocycles. The van der Waals surface area contributed by atoms with E-state index in [9.17, 15) is 18.0 Å². The second-order valence-electron chi connectivity index (χ2n) is 5.35. The van der Waals surface area contributed by atoms with Crippen LogP contribution in [-0.4, -0.2) is 29.6 Å². The first kappa shape index (κ1) is 15.3. The predicted octanol–water partition coefficient (Wildman–Crippen LogP) is 3.16. The Morgan fingerprint density at radius 3 is 2.65 bits per heavy atom. The number of hydrogen-bond acceptors (Lipinski definition) is 3. The van der Waals surface area contributed by atoms with E-state index in [0.29, 0.717) is 6.42 Å². The van der Waals surface area contributed by atoms with Crippen LogP contribution in [0.5, 0.6) is 0 Å². The molecular weight excluding hydrogens is 289 g/mol. The number of hydrogen-bond donors (Lipinski definition) is 1. The summed E-state index contributed by atoms with van der Waals surface area (Å²) >= 11 is 1.35. The minimum absolute atomic E-state index is 0.242. The van der Waals surface area contributed by atoms with Gasteiger partial charge in [0, 0.05) is 4.88 Å². The Morgan fingerprint density at radius 2 is 2.15 bits per heavy atom. The molecule has 112 valence electrons. The lowest BCUT2D eigenvalue weighted by Gasteiger charge is -2.24. The van der Waals surface area contributed by atoms with Gasteiger partial charge in [-0.1, -0.05) is 19.9 Å². The first-order chi connectivity index (χ1) is 9.28. The van der Waals surface area contributed by atoms with Gasteiger partial charge in [0.15, 0.2) is 0 Å². The molecule has 20 heavy (non-hydrogen) atoms. The van der Waals surface area contributed by atoms with Crippen molar-refractivity contribution in [3.8, 4) is 0 Å². The maximum Gasteiger partial charge on any atom is 0.406 e. The number of alkyl halides is 3. The van der Waals surface area contributed by atoms with Crippen LogP contribution < -0.4 is 5.32 Å². The molecule has 0 aromatic carbocycles.